The number of hydrogen-bond donors (Lipinski definition) is 2. The lowest BCUT2D eigenvalue weighted by Crippen LogP contribution is -2.37. The third-order valence-electron chi connectivity index (χ3n) is 4.11. The number of benzene rings is 1. The predicted molar refractivity (Wildman–Crippen MR) is 80.7 cm³/mol. The Balaban J connectivity index is 1.70. The minimum Gasteiger partial charge on any atom is -0.392 e. The molecule has 2 aliphatic rings. The van der Waals surface area contributed by atoms with Crippen LogP contribution in [0.1, 0.15) is 24.8 Å². The molecule has 1 aliphatic heterocycles. The van der Waals surface area contributed by atoms with Crippen LogP contribution in [0.5, 0.6) is 0 Å². The molecule has 0 aromatic heterocycles. The van der Waals surface area contributed by atoms with Gasteiger partial charge >= 0.3 is 0 Å². The van der Waals surface area contributed by atoms with Gasteiger partial charge in [-0.15, -0.1) is 0 Å². The SMILES string of the molecule is O=S(=O)(NC1CCN(C2CC2)C1)c1ccc(CO)c(Cl)c1. The van der Waals surface area contributed by atoms with E-state index in [0.717, 1.165) is 19.5 Å². The summed E-state index contributed by atoms with van der Waals surface area (Å²) in [6.45, 7) is 1.54. The first-order valence-corrected chi connectivity index (χ1v) is 9.01. The summed E-state index contributed by atoms with van der Waals surface area (Å²) in [6, 6.07) is 5.04. The Morgan fingerprint density at radius 3 is 2.71 bits per heavy atom. The summed E-state index contributed by atoms with van der Waals surface area (Å²) in [5.41, 5.74) is 0.524. The molecular weight excluding hydrogens is 312 g/mol. The molecule has 0 radical (unpaired) electrons. The molecule has 1 saturated heterocycles. The molecule has 1 aliphatic carbocycles. The maximum Gasteiger partial charge on any atom is 0.240 e. The average molecular weight is 331 g/mol. The second-order valence-corrected chi connectivity index (χ2v) is 7.87. The van der Waals surface area contributed by atoms with Gasteiger partial charge in [0.05, 0.1) is 11.5 Å². The molecule has 5 nitrogen and oxygen atoms in total. The maximum atomic E-state index is 12.4. The lowest BCUT2D eigenvalue weighted by atomic mass is 10.2. The fourth-order valence-corrected chi connectivity index (χ4v) is 4.36. The van der Waals surface area contributed by atoms with Crippen LogP contribution < -0.4 is 4.72 Å². The van der Waals surface area contributed by atoms with Crippen molar-refractivity contribution < 1.29 is 13.5 Å². The highest BCUT2D eigenvalue weighted by Gasteiger charge is 2.35. The van der Waals surface area contributed by atoms with Crippen LogP contribution in [0.3, 0.4) is 0 Å². The second-order valence-electron chi connectivity index (χ2n) is 5.74. The van der Waals surface area contributed by atoms with Crippen molar-refractivity contribution in [3.05, 3.63) is 28.8 Å². The average Bonchev–Trinajstić information content (AvgIpc) is 3.19. The third kappa shape index (κ3) is 3.40. The van der Waals surface area contributed by atoms with E-state index >= 15 is 0 Å². The van der Waals surface area contributed by atoms with E-state index in [1.54, 1.807) is 6.07 Å². The number of likely N-dealkylation sites (tertiary alicyclic amines) is 1. The minimum absolute atomic E-state index is 0.0353. The summed E-state index contributed by atoms with van der Waals surface area (Å²) >= 11 is 5.96. The number of rotatable bonds is 5. The fraction of sp³-hybridized carbons (Fsp3) is 0.571. The molecule has 1 aromatic rings. The Bertz CT molecular complexity index is 631. The lowest BCUT2D eigenvalue weighted by molar-refractivity contribution is 0.282. The first-order chi connectivity index (χ1) is 9.99. The van der Waals surface area contributed by atoms with Gasteiger partial charge in [0.1, 0.15) is 0 Å². The molecule has 2 N–H and O–H groups in total. The van der Waals surface area contributed by atoms with Crippen LogP contribution in [-0.4, -0.2) is 43.6 Å². The molecule has 21 heavy (non-hydrogen) atoms. The molecule has 1 aromatic carbocycles. The normalized spacial score (nSPS) is 23.6. The van der Waals surface area contributed by atoms with Gasteiger partial charge in [-0.2, -0.15) is 0 Å². The molecule has 116 valence electrons. The van der Waals surface area contributed by atoms with Crippen molar-refractivity contribution in [2.45, 2.75) is 42.8 Å². The van der Waals surface area contributed by atoms with Gasteiger partial charge in [0.15, 0.2) is 0 Å². The Morgan fingerprint density at radius 2 is 2.10 bits per heavy atom. The Kier molecular flexibility index (Phi) is 4.25. The van der Waals surface area contributed by atoms with Crippen molar-refractivity contribution in [3.8, 4) is 0 Å². The van der Waals surface area contributed by atoms with Crippen molar-refractivity contribution >= 4 is 21.6 Å². The van der Waals surface area contributed by atoms with Gasteiger partial charge in [0.2, 0.25) is 10.0 Å². The van der Waals surface area contributed by atoms with E-state index in [1.165, 1.54) is 25.0 Å². The van der Waals surface area contributed by atoms with E-state index in [9.17, 15) is 8.42 Å². The van der Waals surface area contributed by atoms with Gasteiger partial charge in [-0.1, -0.05) is 17.7 Å². The Morgan fingerprint density at radius 1 is 1.33 bits per heavy atom. The van der Waals surface area contributed by atoms with Crippen LogP contribution in [-0.2, 0) is 16.6 Å². The summed E-state index contributed by atoms with van der Waals surface area (Å²) in [4.78, 5) is 2.50. The van der Waals surface area contributed by atoms with Crippen molar-refractivity contribution in [1.29, 1.82) is 0 Å². The number of aliphatic hydroxyl groups excluding tert-OH is 1. The summed E-state index contributed by atoms with van der Waals surface area (Å²) in [5, 5.41) is 9.34. The smallest absolute Gasteiger partial charge is 0.240 e. The van der Waals surface area contributed by atoms with Gasteiger partial charge in [0.25, 0.3) is 0 Å². The van der Waals surface area contributed by atoms with Gasteiger partial charge in [-0.3, -0.25) is 4.90 Å². The fourth-order valence-electron chi connectivity index (χ4n) is 2.77. The molecule has 1 atom stereocenters. The number of halogens is 1. The Hall–Kier alpha value is -0.660. The molecule has 0 bridgehead atoms. The first kappa shape index (κ1) is 15.2. The van der Waals surface area contributed by atoms with E-state index < -0.39 is 10.0 Å². The summed E-state index contributed by atoms with van der Waals surface area (Å²) in [5.74, 6) is 0. The molecule has 1 unspecified atom stereocenters. The number of hydrogen-bond acceptors (Lipinski definition) is 4. The summed E-state index contributed by atoms with van der Waals surface area (Å²) in [7, 11) is -3.56. The third-order valence-corrected chi connectivity index (χ3v) is 5.98. The van der Waals surface area contributed by atoms with Gasteiger partial charge in [-0.25, -0.2) is 13.1 Å². The van der Waals surface area contributed by atoms with Gasteiger partial charge in [-0.05, 0) is 37.0 Å². The zero-order chi connectivity index (χ0) is 15.0. The van der Waals surface area contributed by atoms with E-state index in [0.29, 0.717) is 11.6 Å². The predicted octanol–water partition coefficient (Wildman–Crippen LogP) is 1.35. The van der Waals surface area contributed by atoms with E-state index in [2.05, 4.69) is 9.62 Å². The summed E-state index contributed by atoms with van der Waals surface area (Å²) < 4.78 is 27.5. The van der Waals surface area contributed by atoms with Crippen molar-refractivity contribution in [1.82, 2.24) is 9.62 Å². The van der Waals surface area contributed by atoms with Crippen LogP contribution in [0.15, 0.2) is 23.1 Å². The van der Waals surface area contributed by atoms with E-state index in [-0.39, 0.29) is 22.6 Å². The molecular formula is C14H19ClN2O3S. The topological polar surface area (TPSA) is 69.6 Å². The molecule has 0 amide bonds. The monoisotopic (exact) mass is 330 g/mol. The molecule has 1 saturated carbocycles. The second kappa shape index (κ2) is 5.85. The molecule has 7 heteroatoms. The minimum atomic E-state index is -3.56. The number of sulfonamides is 1. The van der Waals surface area contributed by atoms with Crippen LogP contribution in [0.2, 0.25) is 5.02 Å². The number of nitrogens with zero attached hydrogens (tertiary/aromatic N) is 1. The van der Waals surface area contributed by atoms with Gasteiger partial charge in [0, 0.05) is 30.2 Å². The van der Waals surface area contributed by atoms with Crippen LogP contribution in [0.25, 0.3) is 0 Å². The highest BCUT2D eigenvalue weighted by Crippen LogP contribution is 2.30. The van der Waals surface area contributed by atoms with E-state index in [1.807, 2.05) is 0 Å². The lowest BCUT2D eigenvalue weighted by Gasteiger charge is -2.16. The van der Waals surface area contributed by atoms with Crippen molar-refractivity contribution in [3.63, 3.8) is 0 Å². The highest BCUT2D eigenvalue weighted by molar-refractivity contribution is 7.89. The maximum absolute atomic E-state index is 12.4. The molecule has 1 heterocycles. The van der Waals surface area contributed by atoms with Crippen LogP contribution in [0, 0.1) is 0 Å². The standard InChI is InChI=1S/C14H19ClN2O3S/c15-14-7-13(4-1-10(14)9-18)21(19,20)16-11-5-6-17(8-11)12-2-3-12/h1,4,7,11-12,16,18H,2-3,5-6,8-9H2. The van der Waals surface area contributed by atoms with Crippen LogP contribution >= 0.6 is 11.6 Å². The molecule has 3 rings (SSSR count). The largest absolute Gasteiger partial charge is 0.392 e. The van der Waals surface area contributed by atoms with E-state index in [4.69, 9.17) is 16.7 Å². The highest BCUT2D eigenvalue weighted by atomic mass is 35.5. The first-order valence-electron chi connectivity index (χ1n) is 7.15. The quantitative estimate of drug-likeness (QED) is 0.855. The zero-order valence-corrected chi connectivity index (χ0v) is 13.2. The van der Waals surface area contributed by atoms with Crippen molar-refractivity contribution in [2.24, 2.45) is 0 Å². The number of nitrogens with one attached hydrogen (secondary N) is 1. The van der Waals surface area contributed by atoms with Crippen LogP contribution in [0.4, 0.5) is 0 Å². The molecule has 0 spiro atoms. The number of aliphatic hydroxyl groups is 1. The molecule has 2 fully saturated rings. The summed E-state index contributed by atoms with van der Waals surface area (Å²) in [6.07, 6.45) is 3.31. The Labute approximate surface area is 130 Å². The van der Waals surface area contributed by atoms with Gasteiger partial charge < -0.3 is 5.11 Å². The van der Waals surface area contributed by atoms with Crippen molar-refractivity contribution in [2.75, 3.05) is 13.1 Å². The zero-order valence-electron chi connectivity index (χ0n) is 11.6.